The van der Waals surface area contributed by atoms with Crippen LogP contribution in [0.4, 0.5) is 4.79 Å². The molecule has 0 aromatic heterocycles. The molecule has 3 rings (SSSR count). The highest BCUT2D eigenvalue weighted by molar-refractivity contribution is 5.89. The lowest BCUT2D eigenvalue weighted by Crippen LogP contribution is -2.45. The fourth-order valence-corrected chi connectivity index (χ4v) is 3.12. The standard InChI is InChI=1S/C16H17NO4/c18-15(19)13-8-6-12-7-9-14(13)17(12)16(20)21-10-11-4-2-1-3-5-11/h1-5,8,12,14H,6-7,9-10H2,(H,18,19). The molecular formula is C16H17NO4. The van der Waals surface area contributed by atoms with E-state index in [-0.39, 0.29) is 18.7 Å². The summed E-state index contributed by atoms with van der Waals surface area (Å²) in [6, 6.07) is 9.19. The molecule has 2 atom stereocenters. The Kier molecular flexibility index (Phi) is 3.64. The quantitative estimate of drug-likeness (QED) is 0.927. The minimum Gasteiger partial charge on any atom is -0.478 e. The average Bonchev–Trinajstić information content (AvgIpc) is 2.78. The predicted molar refractivity (Wildman–Crippen MR) is 75.6 cm³/mol. The van der Waals surface area contributed by atoms with Crippen molar-refractivity contribution in [2.24, 2.45) is 0 Å². The fraction of sp³-hybridized carbons (Fsp3) is 0.375. The van der Waals surface area contributed by atoms with Gasteiger partial charge in [0.25, 0.3) is 0 Å². The van der Waals surface area contributed by atoms with E-state index in [1.54, 1.807) is 11.0 Å². The molecule has 2 unspecified atom stereocenters. The maximum Gasteiger partial charge on any atom is 0.410 e. The molecule has 1 N–H and O–H groups in total. The number of nitrogens with zero attached hydrogens (tertiary/aromatic N) is 1. The van der Waals surface area contributed by atoms with E-state index in [0.717, 1.165) is 12.0 Å². The summed E-state index contributed by atoms with van der Waals surface area (Å²) in [5, 5.41) is 9.22. The summed E-state index contributed by atoms with van der Waals surface area (Å²) in [6.45, 7) is 0.210. The van der Waals surface area contributed by atoms with E-state index in [9.17, 15) is 14.7 Å². The van der Waals surface area contributed by atoms with Crippen LogP contribution in [0, 0.1) is 0 Å². The second kappa shape index (κ2) is 5.60. The van der Waals surface area contributed by atoms with E-state index in [1.165, 1.54) is 0 Å². The van der Waals surface area contributed by atoms with Crippen LogP contribution in [-0.2, 0) is 16.1 Å². The summed E-state index contributed by atoms with van der Waals surface area (Å²) in [6.07, 6.45) is 3.45. The highest BCUT2D eigenvalue weighted by Gasteiger charge is 2.43. The van der Waals surface area contributed by atoms with Crippen molar-refractivity contribution in [2.45, 2.75) is 38.0 Å². The molecule has 1 fully saturated rings. The molecule has 5 nitrogen and oxygen atoms in total. The lowest BCUT2D eigenvalue weighted by molar-refractivity contribution is -0.133. The van der Waals surface area contributed by atoms with Crippen LogP contribution in [0.5, 0.6) is 0 Å². The number of carbonyl (C=O) groups is 2. The first-order valence-corrected chi connectivity index (χ1v) is 7.09. The van der Waals surface area contributed by atoms with Crippen molar-refractivity contribution in [3.8, 4) is 0 Å². The third-order valence-electron chi connectivity index (χ3n) is 4.13. The van der Waals surface area contributed by atoms with Crippen molar-refractivity contribution < 1.29 is 19.4 Å². The highest BCUT2D eigenvalue weighted by atomic mass is 16.6. The molecule has 2 bridgehead atoms. The van der Waals surface area contributed by atoms with Crippen LogP contribution >= 0.6 is 0 Å². The van der Waals surface area contributed by atoms with Gasteiger partial charge in [0, 0.05) is 6.04 Å². The molecule has 5 heteroatoms. The second-order valence-electron chi connectivity index (χ2n) is 5.39. The number of rotatable bonds is 3. The minimum atomic E-state index is -0.943. The smallest absolute Gasteiger partial charge is 0.410 e. The number of benzene rings is 1. The normalized spacial score (nSPS) is 23.6. The van der Waals surface area contributed by atoms with Crippen LogP contribution in [-0.4, -0.2) is 34.2 Å². The maximum absolute atomic E-state index is 12.3. The predicted octanol–water partition coefficient (Wildman–Crippen LogP) is 2.57. The van der Waals surface area contributed by atoms with E-state index >= 15 is 0 Å². The van der Waals surface area contributed by atoms with Crippen LogP contribution in [0.2, 0.25) is 0 Å². The lowest BCUT2D eigenvalue weighted by Gasteiger charge is -2.32. The molecule has 0 saturated carbocycles. The monoisotopic (exact) mass is 287 g/mol. The molecule has 0 spiro atoms. The maximum atomic E-state index is 12.3. The van der Waals surface area contributed by atoms with Gasteiger partial charge in [-0.3, -0.25) is 4.90 Å². The summed E-state index contributed by atoms with van der Waals surface area (Å²) in [5.41, 5.74) is 1.24. The topological polar surface area (TPSA) is 66.8 Å². The molecule has 110 valence electrons. The number of amides is 1. The molecule has 1 aromatic rings. The molecular weight excluding hydrogens is 270 g/mol. The number of ether oxygens (including phenoxy) is 1. The Bertz CT molecular complexity index is 581. The van der Waals surface area contributed by atoms with Crippen molar-refractivity contribution in [3.05, 3.63) is 47.5 Å². The number of hydrogen-bond acceptors (Lipinski definition) is 3. The Labute approximate surface area is 122 Å². The zero-order valence-corrected chi connectivity index (χ0v) is 11.6. The van der Waals surface area contributed by atoms with Crippen LogP contribution in [0.3, 0.4) is 0 Å². The summed E-state index contributed by atoms with van der Waals surface area (Å²) in [4.78, 5) is 25.1. The van der Waals surface area contributed by atoms with Gasteiger partial charge in [-0.05, 0) is 24.8 Å². The first kappa shape index (κ1) is 13.7. The Morgan fingerprint density at radius 3 is 2.71 bits per heavy atom. The molecule has 2 aliphatic heterocycles. The van der Waals surface area contributed by atoms with Crippen LogP contribution in [0.15, 0.2) is 42.0 Å². The molecule has 2 aliphatic rings. The molecule has 1 amide bonds. The molecule has 2 heterocycles. The first-order valence-electron chi connectivity index (χ1n) is 7.09. The SMILES string of the molecule is O=C(O)C1=CCC2CCC1N2C(=O)OCc1ccccc1. The molecule has 1 saturated heterocycles. The summed E-state index contributed by atoms with van der Waals surface area (Å²) in [5.74, 6) is -0.943. The summed E-state index contributed by atoms with van der Waals surface area (Å²) < 4.78 is 5.34. The first-order chi connectivity index (χ1) is 10.2. The van der Waals surface area contributed by atoms with Crippen LogP contribution in [0.1, 0.15) is 24.8 Å². The molecule has 21 heavy (non-hydrogen) atoms. The molecule has 0 aliphatic carbocycles. The Balaban J connectivity index is 1.68. The van der Waals surface area contributed by atoms with Crippen molar-refractivity contribution in [1.82, 2.24) is 4.90 Å². The second-order valence-corrected chi connectivity index (χ2v) is 5.39. The largest absolute Gasteiger partial charge is 0.478 e. The Hall–Kier alpha value is -2.30. The van der Waals surface area contributed by atoms with Gasteiger partial charge in [0.05, 0.1) is 11.6 Å². The third-order valence-corrected chi connectivity index (χ3v) is 4.13. The van der Waals surface area contributed by atoms with E-state index in [2.05, 4.69) is 0 Å². The highest BCUT2D eigenvalue weighted by Crippen LogP contribution is 2.36. The van der Waals surface area contributed by atoms with Gasteiger partial charge in [-0.25, -0.2) is 9.59 Å². The van der Waals surface area contributed by atoms with Gasteiger partial charge in [0.2, 0.25) is 0 Å². The van der Waals surface area contributed by atoms with Crippen molar-refractivity contribution in [2.75, 3.05) is 0 Å². The average molecular weight is 287 g/mol. The van der Waals surface area contributed by atoms with Gasteiger partial charge in [-0.1, -0.05) is 36.4 Å². The van der Waals surface area contributed by atoms with Crippen LogP contribution < -0.4 is 0 Å². The molecule has 0 radical (unpaired) electrons. The zero-order valence-electron chi connectivity index (χ0n) is 11.6. The van der Waals surface area contributed by atoms with Gasteiger partial charge in [0.15, 0.2) is 0 Å². The van der Waals surface area contributed by atoms with Gasteiger partial charge in [0.1, 0.15) is 6.61 Å². The van der Waals surface area contributed by atoms with Crippen molar-refractivity contribution in [3.63, 3.8) is 0 Å². The van der Waals surface area contributed by atoms with Gasteiger partial charge >= 0.3 is 12.1 Å². The Morgan fingerprint density at radius 2 is 2.00 bits per heavy atom. The van der Waals surface area contributed by atoms with Crippen LogP contribution in [0.25, 0.3) is 0 Å². The number of carboxylic acid groups (broad SMARTS) is 1. The van der Waals surface area contributed by atoms with E-state index in [0.29, 0.717) is 18.4 Å². The minimum absolute atomic E-state index is 0.0707. The van der Waals surface area contributed by atoms with E-state index in [1.807, 2.05) is 30.3 Å². The number of carbonyl (C=O) groups excluding carboxylic acids is 1. The third kappa shape index (κ3) is 2.63. The van der Waals surface area contributed by atoms with E-state index < -0.39 is 12.1 Å². The fourth-order valence-electron chi connectivity index (χ4n) is 3.12. The number of hydrogen-bond donors (Lipinski definition) is 1. The van der Waals surface area contributed by atoms with Gasteiger partial charge < -0.3 is 9.84 Å². The van der Waals surface area contributed by atoms with Crippen molar-refractivity contribution >= 4 is 12.1 Å². The lowest BCUT2D eigenvalue weighted by atomic mass is 10.0. The van der Waals surface area contributed by atoms with E-state index in [4.69, 9.17) is 4.74 Å². The number of fused-ring (bicyclic) bond motifs is 2. The number of aliphatic carboxylic acids is 1. The zero-order chi connectivity index (χ0) is 14.8. The molecule has 1 aromatic carbocycles. The van der Waals surface area contributed by atoms with Gasteiger partial charge in [-0.15, -0.1) is 0 Å². The van der Waals surface area contributed by atoms with Gasteiger partial charge in [-0.2, -0.15) is 0 Å². The Morgan fingerprint density at radius 1 is 1.24 bits per heavy atom. The number of carboxylic acids is 1. The van der Waals surface area contributed by atoms with Crippen molar-refractivity contribution in [1.29, 1.82) is 0 Å². The summed E-state index contributed by atoms with van der Waals surface area (Å²) in [7, 11) is 0. The summed E-state index contributed by atoms with van der Waals surface area (Å²) >= 11 is 0.